The highest BCUT2D eigenvalue weighted by Gasteiger charge is 2.64. The quantitative estimate of drug-likeness (QED) is 0.406. The lowest BCUT2D eigenvalue weighted by atomic mass is 9.86. The number of amides is 2. The van der Waals surface area contributed by atoms with Gasteiger partial charge < -0.3 is 14.4 Å². The van der Waals surface area contributed by atoms with Gasteiger partial charge in [0.25, 0.3) is 0 Å². The predicted molar refractivity (Wildman–Crippen MR) is 135 cm³/mol. The molecule has 3 aromatic rings. The van der Waals surface area contributed by atoms with Gasteiger partial charge in [-0.25, -0.2) is 4.90 Å². The molecule has 2 amide bonds. The van der Waals surface area contributed by atoms with Crippen LogP contribution in [0, 0.1) is 11.8 Å². The summed E-state index contributed by atoms with van der Waals surface area (Å²) in [6.07, 6.45) is 3.91. The van der Waals surface area contributed by atoms with Crippen molar-refractivity contribution in [3.63, 3.8) is 0 Å². The number of ether oxygens (including phenoxy) is 2. The first-order chi connectivity index (χ1) is 17.5. The maximum absolute atomic E-state index is 14.0. The molecule has 180 valence electrons. The maximum atomic E-state index is 14.0. The van der Waals surface area contributed by atoms with Gasteiger partial charge in [-0.3, -0.25) is 14.4 Å². The van der Waals surface area contributed by atoms with E-state index in [9.17, 15) is 14.4 Å². The summed E-state index contributed by atoms with van der Waals surface area (Å²) in [5.74, 6) is -1.56. The number of nitrogens with zero attached hydrogens (tertiary/aromatic N) is 2. The predicted octanol–water partition coefficient (Wildman–Crippen LogP) is 3.98. The van der Waals surface area contributed by atoms with Gasteiger partial charge in [-0.15, -0.1) is 0 Å². The molecule has 0 aromatic heterocycles. The van der Waals surface area contributed by atoms with Gasteiger partial charge in [0.2, 0.25) is 11.8 Å². The van der Waals surface area contributed by atoms with E-state index in [1.807, 2.05) is 47.4 Å². The Labute approximate surface area is 208 Å². The number of fused-ring (bicyclic) bond motifs is 5. The van der Waals surface area contributed by atoms with E-state index in [-0.39, 0.29) is 11.7 Å². The molecule has 0 radical (unpaired) electrons. The molecule has 4 atom stereocenters. The van der Waals surface area contributed by atoms with Gasteiger partial charge in [0.1, 0.15) is 17.5 Å². The van der Waals surface area contributed by atoms with Crippen LogP contribution in [0.25, 0.3) is 6.08 Å². The first kappa shape index (κ1) is 22.1. The number of hydrogen-bond donors (Lipinski definition) is 0. The second kappa shape index (κ2) is 8.37. The Bertz CT molecular complexity index is 1420. The number of Topliss-reactive ketones (excluding diaryl/α,β-unsaturated/α-hetero) is 1. The van der Waals surface area contributed by atoms with E-state index >= 15 is 0 Å². The standard InChI is InChI=1S/C29H24N2O5/c1-35-19-13-15-21(23(16-19)36-2)31-28(33)24-22-14-12-17-8-6-7-11-20(17)30(22)26(25(24)29(31)34)27(32)18-9-4-3-5-10-18/h3-16,22,24-26H,1-2H3/t22-,24-,25-,26+/m1/s1. The molecule has 2 fully saturated rings. The van der Waals surface area contributed by atoms with Gasteiger partial charge in [-0.2, -0.15) is 0 Å². The molecule has 0 bridgehead atoms. The van der Waals surface area contributed by atoms with E-state index in [2.05, 4.69) is 0 Å². The summed E-state index contributed by atoms with van der Waals surface area (Å²) in [7, 11) is 3.01. The second-order valence-corrected chi connectivity index (χ2v) is 9.09. The van der Waals surface area contributed by atoms with Crippen LogP contribution in [0.5, 0.6) is 11.5 Å². The Hall–Kier alpha value is -4.39. The van der Waals surface area contributed by atoms with Crippen molar-refractivity contribution in [3.8, 4) is 11.5 Å². The van der Waals surface area contributed by atoms with E-state index in [0.29, 0.717) is 22.7 Å². The summed E-state index contributed by atoms with van der Waals surface area (Å²) in [4.78, 5) is 45.1. The highest BCUT2D eigenvalue weighted by molar-refractivity contribution is 6.26. The van der Waals surface area contributed by atoms with Crippen LogP contribution in [0.1, 0.15) is 15.9 Å². The fraction of sp³-hybridized carbons (Fsp3) is 0.207. The maximum Gasteiger partial charge on any atom is 0.240 e. The number of rotatable bonds is 5. The molecule has 7 nitrogen and oxygen atoms in total. The average molecular weight is 481 g/mol. The molecular formula is C29H24N2O5. The Morgan fingerprint density at radius 1 is 0.806 bits per heavy atom. The first-order valence-electron chi connectivity index (χ1n) is 11.8. The molecule has 0 saturated carbocycles. The van der Waals surface area contributed by atoms with Gasteiger partial charge in [0.05, 0.1) is 37.8 Å². The van der Waals surface area contributed by atoms with Gasteiger partial charge in [-0.05, 0) is 23.8 Å². The first-order valence-corrected chi connectivity index (χ1v) is 11.8. The van der Waals surface area contributed by atoms with Crippen LogP contribution in [0.15, 0.2) is 78.9 Å². The molecule has 6 rings (SSSR count). The number of hydrogen-bond acceptors (Lipinski definition) is 6. The molecule has 36 heavy (non-hydrogen) atoms. The van der Waals surface area contributed by atoms with Gasteiger partial charge in [0.15, 0.2) is 5.78 Å². The monoisotopic (exact) mass is 480 g/mol. The molecule has 3 aliphatic rings. The normalized spacial score (nSPS) is 23.8. The average Bonchev–Trinajstić information content (AvgIpc) is 3.40. The summed E-state index contributed by atoms with van der Waals surface area (Å²) in [5, 5.41) is 0. The highest BCUT2D eigenvalue weighted by atomic mass is 16.5. The van der Waals surface area contributed by atoms with Crippen LogP contribution in [0.2, 0.25) is 0 Å². The minimum atomic E-state index is -0.835. The van der Waals surface area contributed by atoms with Gasteiger partial charge in [0, 0.05) is 17.3 Å². The molecule has 3 aromatic carbocycles. The largest absolute Gasteiger partial charge is 0.497 e. The third kappa shape index (κ3) is 3.09. The molecule has 3 heterocycles. The van der Waals surface area contributed by atoms with Gasteiger partial charge >= 0.3 is 0 Å². The van der Waals surface area contributed by atoms with Crippen molar-refractivity contribution < 1.29 is 23.9 Å². The third-order valence-electron chi connectivity index (χ3n) is 7.37. The Balaban J connectivity index is 1.49. The molecule has 3 aliphatic heterocycles. The fourth-order valence-electron chi connectivity index (χ4n) is 5.79. The number of benzene rings is 3. The van der Waals surface area contributed by atoms with Gasteiger partial charge in [-0.1, -0.05) is 60.7 Å². The van der Waals surface area contributed by atoms with E-state index in [0.717, 1.165) is 11.3 Å². The van der Waals surface area contributed by atoms with Crippen LogP contribution in [-0.4, -0.2) is 43.9 Å². The zero-order valence-corrected chi connectivity index (χ0v) is 19.8. The van der Waals surface area contributed by atoms with Crippen LogP contribution in [0.4, 0.5) is 11.4 Å². The number of ketones is 1. The van der Waals surface area contributed by atoms with Crippen LogP contribution in [-0.2, 0) is 9.59 Å². The summed E-state index contributed by atoms with van der Waals surface area (Å²) >= 11 is 0. The molecule has 0 N–H and O–H groups in total. The highest BCUT2D eigenvalue weighted by Crippen LogP contribution is 2.50. The smallest absolute Gasteiger partial charge is 0.240 e. The van der Waals surface area contributed by atoms with Crippen molar-refractivity contribution in [3.05, 3.63) is 90.0 Å². The molecule has 7 heteroatoms. The summed E-state index contributed by atoms with van der Waals surface area (Å²) < 4.78 is 10.8. The molecular weight excluding hydrogens is 456 g/mol. The summed E-state index contributed by atoms with van der Waals surface area (Å²) in [5.41, 5.74) is 2.66. The minimum absolute atomic E-state index is 0.178. The van der Waals surface area contributed by atoms with E-state index in [1.165, 1.54) is 19.1 Å². The fourth-order valence-corrected chi connectivity index (χ4v) is 5.79. The number of para-hydroxylation sites is 1. The number of carbonyl (C=O) groups is 3. The summed E-state index contributed by atoms with van der Waals surface area (Å²) in [6.45, 7) is 0. The third-order valence-corrected chi connectivity index (χ3v) is 7.37. The lowest BCUT2D eigenvalue weighted by Gasteiger charge is -2.36. The molecule has 0 spiro atoms. The summed E-state index contributed by atoms with van der Waals surface area (Å²) in [6, 6.07) is 20.4. The number of imide groups is 1. The molecule has 2 saturated heterocycles. The van der Waals surface area contributed by atoms with E-state index < -0.39 is 29.8 Å². The van der Waals surface area contributed by atoms with E-state index in [1.54, 1.807) is 42.5 Å². The lowest BCUT2D eigenvalue weighted by molar-refractivity contribution is -0.122. The topological polar surface area (TPSA) is 76.2 Å². The number of methoxy groups -OCH3 is 2. The van der Waals surface area contributed by atoms with Crippen molar-refractivity contribution >= 4 is 35.0 Å². The molecule has 0 aliphatic carbocycles. The van der Waals surface area contributed by atoms with Crippen LogP contribution < -0.4 is 19.3 Å². The minimum Gasteiger partial charge on any atom is -0.497 e. The Morgan fingerprint density at radius 2 is 1.53 bits per heavy atom. The zero-order valence-electron chi connectivity index (χ0n) is 19.8. The SMILES string of the molecule is COc1ccc(N2C(=O)[C@@H]3[C@H](C2=O)[C@H]2C=Cc4ccccc4N2[C@@H]3C(=O)c2ccccc2)c(OC)c1. The Morgan fingerprint density at radius 3 is 2.28 bits per heavy atom. The lowest BCUT2D eigenvalue weighted by Crippen LogP contribution is -2.48. The Kier molecular flexibility index (Phi) is 5.14. The number of carbonyl (C=O) groups excluding carboxylic acids is 3. The van der Waals surface area contributed by atoms with Crippen LogP contribution in [0.3, 0.4) is 0 Å². The van der Waals surface area contributed by atoms with Crippen molar-refractivity contribution in [2.24, 2.45) is 11.8 Å². The van der Waals surface area contributed by atoms with Crippen LogP contribution >= 0.6 is 0 Å². The van der Waals surface area contributed by atoms with Crippen molar-refractivity contribution in [2.75, 3.05) is 24.0 Å². The number of anilines is 2. The van der Waals surface area contributed by atoms with Crippen molar-refractivity contribution in [1.29, 1.82) is 0 Å². The van der Waals surface area contributed by atoms with Crippen molar-refractivity contribution in [1.82, 2.24) is 0 Å². The second-order valence-electron chi connectivity index (χ2n) is 9.09. The van der Waals surface area contributed by atoms with E-state index in [4.69, 9.17) is 9.47 Å². The van der Waals surface area contributed by atoms with Crippen molar-refractivity contribution in [2.45, 2.75) is 12.1 Å². The molecule has 0 unspecified atom stereocenters. The zero-order chi connectivity index (χ0) is 25.0.